The van der Waals surface area contributed by atoms with Crippen molar-refractivity contribution in [2.24, 2.45) is 0 Å². The molecule has 0 amide bonds. The van der Waals surface area contributed by atoms with Crippen molar-refractivity contribution in [1.29, 1.82) is 0 Å². The van der Waals surface area contributed by atoms with Gasteiger partial charge in [0.1, 0.15) is 6.10 Å². The quantitative estimate of drug-likeness (QED) is 0.778. The highest BCUT2D eigenvalue weighted by molar-refractivity contribution is 5.82. The molecule has 0 unspecified atom stereocenters. The normalized spacial score (nSPS) is 15.4. The molecule has 1 aromatic carbocycles. The highest BCUT2D eigenvalue weighted by atomic mass is 19.4. The number of hydrogen-bond donors (Lipinski definition) is 0. The fraction of sp³-hybridized carbons (Fsp3) is 0.294. The molecule has 0 aliphatic heterocycles. The lowest BCUT2D eigenvalue weighted by atomic mass is 9.92. The Morgan fingerprint density at radius 1 is 1.08 bits per heavy atom. The molecule has 2 atom stereocenters. The number of benzene rings is 1. The van der Waals surface area contributed by atoms with E-state index in [1.165, 1.54) is 37.4 Å². The van der Waals surface area contributed by atoms with Crippen molar-refractivity contribution in [3.8, 4) is 0 Å². The van der Waals surface area contributed by atoms with Gasteiger partial charge < -0.3 is 9.47 Å². The summed E-state index contributed by atoms with van der Waals surface area (Å²) < 4.78 is 50.9. The smallest absolute Gasteiger partial charge is 0.432 e. The van der Waals surface area contributed by atoms with Crippen molar-refractivity contribution in [3.63, 3.8) is 0 Å². The van der Waals surface area contributed by atoms with Gasteiger partial charge in [0.2, 0.25) is 0 Å². The van der Waals surface area contributed by atoms with Gasteiger partial charge in [-0.15, -0.1) is 0 Å². The fourth-order valence-corrected chi connectivity index (χ4v) is 2.31. The second-order valence-corrected chi connectivity index (χ2v) is 5.05. The molecule has 2 aromatic rings. The molecule has 0 aliphatic carbocycles. The van der Waals surface area contributed by atoms with Crippen LogP contribution in [0.5, 0.6) is 0 Å². The van der Waals surface area contributed by atoms with Gasteiger partial charge in [-0.1, -0.05) is 36.4 Å². The number of aromatic nitrogens is 1. The average molecular weight is 339 g/mol. The van der Waals surface area contributed by atoms with Gasteiger partial charge in [0, 0.05) is 18.9 Å². The van der Waals surface area contributed by atoms with Gasteiger partial charge in [0.05, 0.1) is 5.69 Å². The third kappa shape index (κ3) is 3.26. The Balaban J connectivity index is 2.39. The molecule has 0 radical (unpaired) electrons. The second kappa shape index (κ2) is 7.00. The molecule has 24 heavy (non-hydrogen) atoms. The van der Waals surface area contributed by atoms with Crippen LogP contribution >= 0.6 is 0 Å². The molecule has 2 rings (SSSR count). The van der Waals surface area contributed by atoms with Crippen molar-refractivity contribution in [3.05, 3.63) is 66.0 Å². The number of hydrogen-bond acceptors (Lipinski definition) is 4. The molecule has 1 aromatic heterocycles. The second-order valence-electron chi connectivity index (χ2n) is 5.05. The number of rotatable bonds is 5. The summed E-state index contributed by atoms with van der Waals surface area (Å²) in [5.74, 6) is -1.54. The van der Waals surface area contributed by atoms with Gasteiger partial charge in [0.25, 0.3) is 5.60 Å². The van der Waals surface area contributed by atoms with Crippen molar-refractivity contribution >= 4 is 5.97 Å². The first-order chi connectivity index (χ1) is 11.3. The van der Waals surface area contributed by atoms with E-state index < -0.39 is 23.9 Å². The molecular formula is C17H16F3NO3. The Kier molecular flexibility index (Phi) is 5.23. The van der Waals surface area contributed by atoms with E-state index in [1.54, 1.807) is 24.3 Å². The molecule has 0 bridgehead atoms. The number of halogens is 3. The minimum absolute atomic E-state index is 0.339. The number of pyridine rings is 1. The first kappa shape index (κ1) is 17.9. The molecule has 7 heteroatoms. The fourth-order valence-electron chi connectivity index (χ4n) is 2.31. The molecule has 0 spiro atoms. The number of carbonyl (C=O) groups excluding carboxylic acids is 1. The van der Waals surface area contributed by atoms with Gasteiger partial charge in [-0.05, 0) is 19.1 Å². The first-order valence-electron chi connectivity index (χ1n) is 7.12. The van der Waals surface area contributed by atoms with Crippen molar-refractivity contribution < 1.29 is 27.4 Å². The van der Waals surface area contributed by atoms with E-state index in [1.807, 2.05) is 0 Å². The summed E-state index contributed by atoms with van der Waals surface area (Å²) in [7, 11) is 0.827. The van der Waals surface area contributed by atoms with E-state index in [0.29, 0.717) is 5.69 Å². The number of esters is 1. The number of alkyl halides is 3. The molecule has 0 saturated carbocycles. The maximum absolute atomic E-state index is 13.7. The third-order valence-electron chi connectivity index (χ3n) is 3.56. The largest absolute Gasteiger partial charge is 0.453 e. The number of nitrogens with zero attached hydrogens (tertiary/aromatic N) is 1. The summed E-state index contributed by atoms with van der Waals surface area (Å²) in [6, 6.07) is 11.5. The first-order valence-corrected chi connectivity index (χ1v) is 7.12. The van der Waals surface area contributed by atoms with Crippen molar-refractivity contribution in [2.75, 3.05) is 7.11 Å². The average Bonchev–Trinajstić information content (AvgIpc) is 2.56. The molecular weight excluding hydrogens is 323 g/mol. The summed E-state index contributed by atoms with van der Waals surface area (Å²) in [5, 5.41) is 0. The molecule has 0 fully saturated rings. The Labute approximate surface area is 137 Å². The molecule has 4 nitrogen and oxygen atoms in total. The Bertz CT molecular complexity index is 676. The zero-order chi connectivity index (χ0) is 17.8. The lowest BCUT2D eigenvalue weighted by molar-refractivity contribution is -0.278. The van der Waals surface area contributed by atoms with Gasteiger partial charge in [-0.25, -0.2) is 4.79 Å². The predicted molar refractivity (Wildman–Crippen MR) is 79.9 cm³/mol. The van der Waals surface area contributed by atoms with Gasteiger partial charge in [0.15, 0.2) is 0 Å². The van der Waals surface area contributed by atoms with Crippen LogP contribution in [0.2, 0.25) is 0 Å². The van der Waals surface area contributed by atoms with Crippen molar-refractivity contribution in [2.45, 2.75) is 24.8 Å². The van der Waals surface area contributed by atoms with Crippen LogP contribution in [0.15, 0.2) is 54.7 Å². The SMILES string of the molecule is CO[C@](C(=O)O[C@@H](C)c1ccccn1)(c1ccccc1)C(F)(F)F. The van der Waals surface area contributed by atoms with Crippen LogP contribution in [0, 0.1) is 0 Å². The third-order valence-corrected chi connectivity index (χ3v) is 3.56. The zero-order valence-electron chi connectivity index (χ0n) is 13.1. The van der Waals surface area contributed by atoms with E-state index in [-0.39, 0.29) is 5.56 Å². The lowest BCUT2D eigenvalue weighted by Crippen LogP contribution is -2.51. The minimum Gasteiger partial charge on any atom is -0.453 e. The number of ether oxygens (including phenoxy) is 2. The number of carbonyl (C=O) groups is 1. The Hall–Kier alpha value is -2.41. The molecule has 1 heterocycles. The van der Waals surface area contributed by atoms with Crippen LogP contribution in [0.25, 0.3) is 0 Å². The van der Waals surface area contributed by atoms with Crippen LogP contribution in [0.4, 0.5) is 13.2 Å². The highest BCUT2D eigenvalue weighted by Gasteiger charge is 2.64. The lowest BCUT2D eigenvalue weighted by Gasteiger charge is -2.33. The van der Waals surface area contributed by atoms with Gasteiger partial charge >= 0.3 is 12.1 Å². The maximum atomic E-state index is 13.7. The molecule has 0 aliphatic rings. The van der Waals surface area contributed by atoms with Gasteiger partial charge in [-0.3, -0.25) is 4.98 Å². The van der Waals surface area contributed by atoms with Crippen molar-refractivity contribution in [1.82, 2.24) is 4.98 Å². The van der Waals surface area contributed by atoms with E-state index in [0.717, 1.165) is 7.11 Å². The standard InChI is InChI=1S/C17H16F3NO3/c1-12(14-10-6-7-11-21-14)24-15(22)16(23-2,17(18,19)20)13-8-4-3-5-9-13/h3-12H,1-2H3/t12-,16-/m0/s1. The summed E-state index contributed by atoms with van der Waals surface area (Å²) in [4.78, 5) is 16.4. The van der Waals surface area contributed by atoms with E-state index in [2.05, 4.69) is 9.72 Å². The van der Waals surface area contributed by atoms with Crippen LogP contribution in [0.3, 0.4) is 0 Å². The summed E-state index contributed by atoms with van der Waals surface area (Å²) in [6.07, 6.45) is -4.49. The Morgan fingerprint density at radius 2 is 1.71 bits per heavy atom. The van der Waals surface area contributed by atoms with Gasteiger partial charge in [-0.2, -0.15) is 13.2 Å². The predicted octanol–water partition coefficient (Wildman–Crippen LogP) is 3.79. The van der Waals surface area contributed by atoms with E-state index in [9.17, 15) is 18.0 Å². The van der Waals surface area contributed by atoms with Crippen LogP contribution in [-0.4, -0.2) is 24.2 Å². The monoisotopic (exact) mass is 339 g/mol. The highest BCUT2D eigenvalue weighted by Crippen LogP contribution is 2.43. The molecule has 0 N–H and O–H groups in total. The molecule has 0 saturated heterocycles. The number of methoxy groups -OCH3 is 1. The summed E-state index contributed by atoms with van der Waals surface area (Å²) >= 11 is 0. The summed E-state index contributed by atoms with van der Waals surface area (Å²) in [6.45, 7) is 1.45. The Morgan fingerprint density at radius 3 is 2.21 bits per heavy atom. The van der Waals surface area contributed by atoms with E-state index >= 15 is 0 Å². The minimum atomic E-state index is -5.00. The van der Waals surface area contributed by atoms with Crippen LogP contribution in [0.1, 0.15) is 24.3 Å². The summed E-state index contributed by atoms with van der Waals surface area (Å²) in [5.41, 5.74) is -3.21. The zero-order valence-corrected chi connectivity index (χ0v) is 13.1. The van der Waals surface area contributed by atoms with Crippen LogP contribution in [-0.2, 0) is 19.9 Å². The molecule has 128 valence electrons. The van der Waals surface area contributed by atoms with Crippen LogP contribution < -0.4 is 0 Å². The maximum Gasteiger partial charge on any atom is 0.432 e. The van der Waals surface area contributed by atoms with E-state index in [4.69, 9.17) is 4.74 Å². The topological polar surface area (TPSA) is 48.4 Å².